The second-order valence-electron chi connectivity index (χ2n) is 8.05. The van der Waals surface area contributed by atoms with E-state index in [-0.39, 0.29) is 18.2 Å². The van der Waals surface area contributed by atoms with Gasteiger partial charge in [-0.25, -0.2) is 4.98 Å². The van der Waals surface area contributed by atoms with E-state index in [1.54, 1.807) is 37.5 Å². The number of hydrogen-bond donors (Lipinski definition) is 1. The molecule has 2 aromatic heterocycles. The number of aryl methyl sites for hydroxylation is 2. The van der Waals surface area contributed by atoms with E-state index in [0.717, 1.165) is 26.5 Å². The number of fused-ring (bicyclic) bond motifs is 1. The normalized spacial score (nSPS) is 10.9. The minimum absolute atomic E-state index is 0.153. The van der Waals surface area contributed by atoms with E-state index < -0.39 is 0 Å². The molecular formula is C27H23N3O4S. The van der Waals surface area contributed by atoms with Crippen LogP contribution in [0.25, 0.3) is 20.8 Å². The van der Waals surface area contributed by atoms with Crippen molar-refractivity contribution >= 4 is 33.1 Å². The highest BCUT2D eigenvalue weighted by molar-refractivity contribution is 7.21. The number of rotatable bonds is 7. The molecule has 7 nitrogen and oxygen atoms in total. The fraction of sp³-hybridized carbons (Fsp3) is 0.148. The number of anilines is 1. The molecule has 0 radical (unpaired) electrons. The van der Waals surface area contributed by atoms with Crippen molar-refractivity contribution in [1.82, 2.24) is 10.1 Å². The molecule has 0 atom stereocenters. The number of aromatic nitrogens is 2. The molecule has 3 aromatic carbocycles. The van der Waals surface area contributed by atoms with Crippen LogP contribution in [-0.2, 0) is 6.61 Å². The Labute approximate surface area is 206 Å². The number of thiazole rings is 1. The van der Waals surface area contributed by atoms with Crippen LogP contribution in [0.4, 0.5) is 5.69 Å². The summed E-state index contributed by atoms with van der Waals surface area (Å²) in [4.78, 5) is 17.7. The summed E-state index contributed by atoms with van der Waals surface area (Å²) in [5.41, 5.74) is 4.63. The van der Waals surface area contributed by atoms with Gasteiger partial charge in [0.25, 0.3) is 5.91 Å². The van der Waals surface area contributed by atoms with Gasteiger partial charge < -0.3 is 19.3 Å². The van der Waals surface area contributed by atoms with Crippen molar-refractivity contribution < 1.29 is 18.8 Å². The fourth-order valence-electron chi connectivity index (χ4n) is 3.61. The summed E-state index contributed by atoms with van der Waals surface area (Å²) in [6.45, 7) is 3.98. The SMILES string of the molecule is COc1ccc(OCc2c(C(=O)Nc3ccc(-c4nc5ccc(C)cc5s4)cc3)noc2C)cc1. The average Bonchev–Trinajstić information content (AvgIpc) is 3.46. The Morgan fingerprint density at radius 1 is 1.00 bits per heavy atom. The van der Waals surface area contributed by atoms with Crippen LogP contribution in [0.1, 0.15) is 27.4 Å². The van der Waals surface area contributed by atoms with Gasteiger partial charge in [-0.2, -0.15) is 0 Å². The minimum atomic E-state index is -0.363. The summed E-state index contributed by atoms with van der Waals surface area (Å²) in [7, 11) is 1.61. The van der Waals surface area contributed by atoms with Crippen molar-refractivity contribution in [2.45, 2.75) is 20.5 Å². The summed E-state index contributed by atoms with van der Waals surface area (Å²) in [5, 5.41) is 7.78. The predicted octanol–water partition coefficient (Wildman–Crippen LogP) is 6.41. The highest BCUT2D eigenvalue weighted by Gasteiger charge is 2.21. The Balaban J connectivity index is 1.28. The molecule has 5 aromatic rings. The zero-order chi connectivity index (χ0) is 24.4. The van der Waals surface area contributed by atoms with E-state index in [0.29, 0.717) is 22.8 Å². The summed E-state index contributed by atoms with van der Waals surface area (Å²) < 4.78 is 17.4. The molecule has 8 heteroatoms. The lowest BCUT2D eigenvalue weighted by Crippen LogP contribution is -2.15. The van der Waals surface area contributed by atoms with Crippen molar-refractivity contribution in [3.05, 3.63) is 89.3 Å². The number of nitrogens with zero attached hydrogens (tertiary/aromatic N) is 2. The van der Waals surface area contributed by atoms with Crippen LogP contribution in [0, 0.1) is 13.8 Å². The lowest BCUT2D eigenvalue weighted by molar-refractivity contribution is 0.101. The van der Waals surface area contributed by atoms with Crippen LogP contribution in [0.5, 0.6) is 11.5 Å². The third-order valence-corrected chi connectivity index (χ3v) is 6.64. The first-order chi connectivity index (χ1) is 17.0. The van der Waals surface area contributed by atoms with E-state index >= 15 is 0 Å². The van der Waals surface area contributed by atoms with E-state index in [9.17, 15) is 4.79 Å². The highest BCUT2D eigenvalue weighted by atomic mass is 32.1. The van der Waals surface area contributed by atoms with Gasteiger partial charge in [-0.05, 0) is 80.1 Å². The third kappa shape index (κ3) is 4.88. The molecule has 5 rings (SSSR count). The lowest BCUT2D eigenvalue weighted by atomic mass is 10.1. The number of hydrogen-bond acceptors (Lipinski definition) is 7. The molecule has 1 N–H and O–H groups in total. The minimum Gasteiger partial charge on any atom is -0.497 e. The van der Waals surface area contributed by atoms with Gasteiger partial charge in [-0.1, -0.05) is 11.2 Å². The zero-order valence-corrected chi connectivity index (χ0v) is 20.3. The van der Waals surface area contributed by atoms with Crippen LogP contribution in [0.15, 0.2) is 71.3 Å². The van der Waals surface area contributed by atoms with Crippen molar-refractivity contribution in [2.75, 3.05) is 12.4 Å². The highest BCUT2D eigenvalue weighted by Crippen LogP contribution is 2.31. The Morgan fingerprint density at radius 3 is 2.49 bits per heavy atom. The molecule has 0 bridgehead atoms. The summed E-state index contributed by atoms with van der Waals surface area (Å²) >= 11 is 1.65. The van der Waals surface area contributed by atoms with E-state index in [2.05, 4.69) is 29.5 Å². The van der Waals surface area contributed by atoms with Crippen molar-refractivity contribution in [3.8, 4) is 22.1 Å². The average molecular weight is 486 g/mol. The standard InChI is InChI=1S/C27H23N3O4S/c1-16-4-13-23-24(14-16)35-27(29-23)18-5-7-19(8-6-18)28-26(31)25-22(17(2)34-30-25)15-33-21-11-9-20(32-3)10-12-21/h4-14H,15H2,1-3H3,(H,28,31). The largest absolute Gasteiger partial charge is 0.497 e. The lowest BCUT2D eigenvalue weighted by Gasteiger charge is -2.08. The van der Waals surface area contributed by atoms with E-state index in [1.165, 1.54) is 5.56 Å². The van der Waals surface area contributed by atoms with Crippen LogP contribution < -0.4 is 14.8 Å². The molecule has 0 unspecified atom stereocenters. The van der Waals surface area contributed by atoms with Gasteiger partial charge in [0.05, 0.1) is 22.9 Å². The Kier molecular flexibility index (Phi) is 6.20. The first kappa shape index (κ1) is 22.6. The van der Waals surface area contributed by atoms with Crippen LogP contribution in [-0.4, -0.2) is 23.2 Å². The van der Waals surface area contributed by atoms with Gasteiger partial charge in [0.2, 0.25) is 0 Å². The molecule has 0 saturated heterocycles. The summed E-state index contributed by atoms with van der Waals surface area (Å²) in [5.74, 6) is 1.56. The van der Waals surface area contributed by atoms with Gasteiger partial charge in [-0.15, -0.1) is 11.3 Å². The number of nitrogens with one attached hydrogen (secondary N) is 1. The van der Waals surface area contributed by atoms with Crippen molar-refractivity contribution in [2.24, 2.45) is 0 Å². The summed E-state index contributed by atoms with van der Waals surface area (Å²) in [6.07, 6.45) is 0. The second-order valence-corrected chi connectivity index (χ2v) is 9.08. The van der Waals surface area contributed by atoms with Crippen molar-refractivity contribution in [3.63, 3.8) is 0 Å². The predicted molar refractivity (Wildman–Crippen MR) is 136 cm³/mol. The molecule has 0 fully saturated rings. The second kappa shape index (κ2) is 9.60. The number of amides is 1. The van der Waals surface area contributed by atoms with Gasteiger partial charge in [-0.3, -0.25) is 4.79 Å². The monoisotopic (exact) mass is 485 g/mol. The number of methoxy groups -OCH3 is 1. The third-order valence-electron chi connectivity index (χ3n) is 5.58. The number of benzene rings is 3. The number of ether oxygens (including phenoxy) is 2. The van der Waals surface area contributed by atoms with E-state index in [1.807, 2.05) is 42.5 Å². The Morgan fingerprint density at radius 2 is 1.74 bits per heavy atom. The number of carbonyl (C=O) groups is 1. The van der Waals surface area contributed by atoms with Crippen LogP contribution in [0.2, 0.25) is 0 Å². The maximum absolute atomic E-state index is 12.9. The Hall–Kier alpha value is -4.17. The molecule has 35 heavy (non-hydrogen) atoms. The van der Waals surface area contributed by atoms with Gasteiger partial charge in [0.15, 0.2) is 5.69 Å². The first-order valence-electron chi connectivity index (χ1n) is 11.0. The first-order valence-corrected chi connectivity index (χ1v) is 11.8. The maximum atomic E-state index is 12.9. The molecule has 0 spiro atoms. The smallest absolute Gasteiger partial charge is 0.278 e. The molecule has 1 amide bonds. The topological polar surface area (TPSA) is 86.5 Å². The van der Waals surface area contributed by atoms with E-state index in [4.69, 9.17) is 19.0 Å². The summed E-state index contributed by atoms with van der Waals surface area (Å²) in [6, 6.07) is 21.1. The fourth-order valence-corrected chi connectivity index (χ4v) is 4.68. The molecule has 0 aliphatic carbocycles. The molecule has 2 heterocycles. The quantitative estimate of drug-likeness (QED) is 0.287. The Bertz CT molecular complexity index is 1490. The van der Waals surface area contributed by atoms with Gasteiger partial charge in [0.1, 0.15) is 28.9 Å². The van der Waals surface area contributed by atoms with Crippen molar-refractivity contribution in [1.29, 1.82) is 0 Å². The number of carbonyl (C=O) groups excluding carboxylic acids is 1. The van der Waals surface area contributed by atoms with Crippen LogP contribution >= 0.6 is 11.3 Å². The maximum Gasteiger partial charge on any atom is 0.278 e. The van der Waals surface area contributed by atoms with Gasteiger partial charge in [0, 0.05) is 11.3 Å². The zero-order valence-electron chi connectivity index (χ0n) is 19.5. The molecule has 0 aliphatic rings. The molecule has 176 valence electrons. The molecule has 0 saturated carbocycles. The molecule has 0 aliphatic heterocycles. The van der Waals surface area contributed by atoms with Crippen LogP contribution in [0.3, 0.4) is 0 Å². The molecular weight excluding hydrogens is 462 g/mol. The van der Waals surface area contributed by atoms with Gasteiger partial charge >= 0.3 is 0 Å².